The minimum absolute atomic E-state index is 0.338. The smallest absolute Gasteiger partial charge is 0.124 e. The second kappa shape index (κ2) is 2.95. The molecule has 0 aromatic heterocycles. The molecular weight excluding hydrogens is 134 g/mol. The molecule has 1 rings (SSSR count). The Bertz CT molecular complexity index is 189. The molecule has 0 saturated carbocycles. The van der Waals surface area contributed by atoms with Crippen LogP contribution in [0.5, 0.6) is 0 Å². The summed E-state index contributed by atoms with van der Waals surface area (Å²) < 4.78 is 25.0. The zero-order valence-corrected chi connectivity index (χ0v) is 5.95. The van der Waals surface area contributed by atoms with E-state index in [1.165, 1.54) is 0 Å². The Morgan fingerprint density at radius 3 is 2.60 bits per heavy atom. The zero-order valence-electron chi connectivity index (χ0n) is 5.95. The standard InChI is InChI=1S/C8H10F2/c1-2-6-3-4-7(9)5-8(6)10/h5H,2-4H2,1H3. The highest BCUT2D eigenvalue weighted by Gasteiger charge is 2.10. The lowest BCUT2D eigenvalue weighted by Crippen LogP contribution is -1.92. The molecule has 0 atom stereocenters. The Hall–Kier alpha value is -0.660. The number of hydrogen-bond acceptors (Lipinski definition) is 0. The van der Waals surface area contributed by atoms with E-state index in [0.29, 0.717) is 19.3 Å². The molecule has 0 bridgehead atoms. The van der Waals surface area contributed by atoms with Crippen molar-refractivity contribution < 1.29 is 8.78 Å². The molecule has 0 unspecified atom stereocenters. The van der Waals surface area contributed by atoms with Crippen LogP contribution in [0.2, 0.25) is 0 Å². The Kier molecular flexibility index (Phi) is 2.20. The summed E-state index contributed by atoms with van der Waals surface area (Å²) in [5.41, 5.74) is 0.737. The van der Waals surface area contributed by atoms with Gasteiger partial charge in [0.25, 0.3) is 0 Å². The molecule has 0 radical (unpaired) electrons. The first-order valence-electron chi connectivity index (χ1n) is 3.47. The summed E-state index contributed by atoms with van der Waals surface area (Å²) in [7, 11) is 0. The van der Waals surface area contributed by atoms with Crippen LogP contribution in [0.4, 0.5) is 8.78 Å². The fourth-order valence-electron chi connectivity index (χ4n) is 1.05. The molecular formula is C8H10F2. The average Bonchev–Trinajstić information content (AvgIpc) is 1.88. The van der Waals surface area contributed by atoms with E-state index in [1.54, 1.807) is 0 Å². The van der Waals surface area contributed by atoms with E-state index in [0.717, 1.165) is 11.6 Å². The first-order valence-corrected chi connectivity index (χ1v) is 3.47. The third-order valence-corrected chi connectivity index (χ3v) is 1.71. The van der Waals surface area contributed by atoms with E-state index in [9.17, 15) is 8.78 Å². The van der Waals surface area contributed by atoms with Gasteiger partial charge in [-0.15, -0.1) is 0 Å². The van der Waals surface area contributed by atoms with Gasteiger partial charge in [-0.2, -0.15) is 0 Å². The molecule has 0 spiro atoms. The largest absolute Gasteiger partial charge is 0.212 e. The molecule has 1 aliphatic rings. The van der Waals surface area contributed by atoms with Gasteiger partial charge in [0, 0.05) is 12.5 Å². The van der Waals surface area contributed by atoms with Crippen molar-refractivity contribution in [3.05, 3.63) is 23.3 Å². The van der Waals surface area contributed by atoms with Crippen molar-refractivity contribution in [2.45, 2.75) is 26.2 Å². The first kappa shape index (κ1) is 7.45. The van der Waals surface area contributed by atoms with Crippen molar-refractivity contribution in [3.8, 4) is 0 Å². The summed E-state index contributed by atoms with van der Waals surface area (Å²) >= 11 is 0. The van der Waals surface area contributed by atoms with Gasteiger partial charge in [0.15, 0.2) is 0 Å². The molecule has 0 aliphatic heterocycles. The maximum absolute atomic E-state index is 12.7. The normalized spacial score (nSPS) is 19.3. The van der Waals surface area contributed by atoms with Gasteiger partial charge in [-0.3, -0.25) is 0 Å². The number of rotatable bonds is 1. The fourth-order valence-corrected chi connectivity index (χ4v) is 1.05. The summed E-state index contributed by atoms with van der Waals surface area (Å²) in [5.74, 6) is -0.707. The Morgan fingerprint density at radius 2 is 2.10 bits per heavy atom. The van der Waals surface area contributed by atoms with E-state index < -0.39 is 0 Å². The van der Waals surface area contributed by atoms with Gasteiger partial charge in [-0.25, -0.2) is 8.78 Å². The van der Waals surface area contributed by atoms with Crippen LogP contribution in [0.15, 0.2) is 23.3 Å². The lowest BCUT2D eigenvalue weighted by molar-refractivity contribution is 0.542. The van der Waals surface area contributed by atoms with Crippen LogP contribution in [0.1, 0.15) is 26.2 Å². The van der Waals surface area contributed by atoms with Crippen LogP contribution in [-0.2, 0) is 0 Å². The van der Waals surface area contributed by atoms with Crippen molar-refractivity contribution in [3.63, 3.8) is 0 Å². The lowest BCUT2D eigenvalue weighted by Gasteiger charge is -2.08. The highest BCUT2D eigenvalue weighted by atomic mass is 19.1. The fraction of sp³-hybridized carbons (Fsp3) is 0.500. The van der Waals surface area contributed by atoms with Gasteiger partial charge in [0.2, 0.25) is 0 Å². The number of allylic oxidation sites excluding steroid dienone is 4. The summed E-state index contributed by atoms with van der Waals surface area (Å²) in [6, 6.07) is 0. The molecule has 0 saturated heterocycles. The highest BCUT2D eigenvalue weighted by Crippen LogP contribution is 2.26. The molecule has 1 aliphatic carbocycles. The number of hydrogen-bond donors (Lipinski definition) is 0. The van der Waals surface area contributed by atoms with Crippen LogP contribution >= 0.6 is 0 Å². The Morgan fingerprint density at radius 1 is 1.40 bits per heavy atom. The summed E-state index contributed by atoms with van der Waals surface area (Å²) in [6.07, 6.45) is 2.60. The third-order valence-electron chi connectivity index (χ3n) is 1.71. The SMILES string of the molecule is CCC1=C(F)C=C(F)CC1. The van der Waals surface area contributed by atoms with E-state index in [2.05, 4.69) is 0 Å². The van der Waals surface area contributed by atoms with E-state index >= 15 is 0 Å². The van der Waals surface area contributed by atoms with Crippen LogP contribution in [0, 0.1) is 0 Å². The van der Waals surface area contributed by atoms with Crippen LogP contribution in [-0.4, -0.2) is 0 Å². The van der Waals surface area contributed by atoms with Gasteiger partial charge < -0.3 is 0 Å². The maximum Gasteiger partial charge on any atom is 0.124 e. The predicted octanol–water partition coefficient (Wildman–Crippen LogP) is 3.27. The molecule has 2 heteroatoms. The van der Waals surface area contributed by atoms with Crippen molar-refractivity contribution >= 4 is 0 Å². The van der Waals surface area contributed by atoms with Gasteiger partial charge in [0.05, 0.1) is 0 Å². The molecule has 0 N–H and O–H groups in total. The van der Waals surface area contributed by atoms with Gasteiger partial charge >= 0.3 is 0 Å². The third kappa shape index (κ3) is 1.43. The van der Waals surface area contributed by atoms with Crippen molar-refractivity contribution in [2.75, 3.05) is 0 Å². The molecule has 0 aromatic rings. The molecule has 56 valence electrons. The maximum atomic E-state index is 12.7. The number of halogens is 2. The molecule has 0 heterocycles. The summed E-state index contributed by atoms with van der Waals surface area (Å²) in [6.45, 7) is 1.88. The zero-order chi connectivity index (χ0) is 7.56. The van der Waals surface area contributed by atoms with E-state index in [-0.39, 0.29) is 11.7 Å². The summed E-state index contributed by atoms with van der Waals surface area (Å²) in [5, 5.41) is 0. The van der Waals surface area contributed by atoms with Gasteiger partial charge in [-0.05, 0) is 18.4 Å². The van der Waals surface area contributed by atoms with Crippen molar-refractivity contribution in [2.24, 2.45) is 0 Å². The molecule has 10 heavy (non-hydrogen) atoms. The minimum atomic E-state index is -0.369. The Balaban J connectivity index is 2.80. The quantitative estimate of drug-likeness (QED) is 0.529. The second-order valence-corrected chi connectivity index (χ2v) is 2.40. The van der Waals surface area contributed by atoms with Crippen molar-refractivity contribution in [1.29, 1.82) is 0 Å². The first-order chi connectivity index (χ1) is 4.74. The second-order valence-electron chi connectivity index (χ2n) is 2.40. The highest BCUT2D eigenvalue weighted by molar-refractivity contribution is 5.25. The predicted molar refractivity (Wildman–Crippen MR) is 36.9 cm³/mol. The van der Waals surface area contributed by atoms with Gasteiger partial charge in [-0.1, -0.05) is 6.92 Å². The van der Waals surface area contributed by atoms with Crippen LogP contribution in [0.3, 0.4) is 0 Å². The average molecular weight is 144 g/mol. The van der Waals surface area contributed by atoms with E-state index in [1.807, 2.05) is 6.92 Å². The molecule has 0 amide bonds. The molecule has 0 aromatic carbocycles. The Labute approximate surface area is 59.2 Å². The minimum Gasteiger partial charge on any atom is -0.212 e. The molecule has 0 nitrogen and oxygen atoms in total. The monoisotopic (exact) mass is 144 g/mol. The van der Waals surface area contributed by atoms with Crippen LogP contribution < -0.4 is 0 Å². The van der Waals surface area contributed by atoms with Crippen LogP contribution in [0.25, 0.3) is 0 Å². The lowest BCUT2D eigenvalue weighted by atomic mass is 10.0. The van der Waals surface area contributed by atoms with E-state index in [4.69, 9.17) is 0 Å². The molecule has 0 fully saturated rings. The topological polar surface area (TPSA) is 0 Å². The summed E-state index contributed by atoms with van der Waals surface area (Å²) in [4.78, 5) is 0. The van der Waals surface area contributed by atoms with Gasteiger partial charge in [0.1, 0.15) is 11.7 Å². The van der Waals surface area contributed by atoms with Crippen molar-refractivity contribution in [1.82, 2.24) is 0 Å².